The fourth-order valence-electron chi connectivity index (χ4n) is 1.72. The van der Waals surface area contributed by atoms with Crippen molar-refractivity contribution in [3.63, 3.8) is 0 Å². The highest BCUT2D eigenvalue weighted by atomic mass is 127. The van der Waals surface area contributed by atoms with Gasteiger partial charge in [-0.3, -0.25) is 0 Å². The Balaban J connectivity index is 2.08. The van der Waals surface area contributed by atoms with E-state index in [4.69, 9.17) is 15.2 Å². The highest BCUT2D eigenvalue weighted by Gasteiger charge is 2.04. The van der Waals surface area contributed by atoms with Gasteiger partial charge in [-0.05, 0) is 58.5 Å². The third-order valence-electron chi connectivity index (χ3n) is 2.80. The van der Waals surface area contributed by atoms with Gasteiger partial charge in [-0.15, -0.1) is 0 Å². The van der Waals surface area contributed by atoms with Crippen LogP contribution in [0.2, 0.25) is 0 Å². The Hall–Kier alpha value is -1.27. The average Bonchev–Trinajstić information content (AvgIpc) is 2.46. The van der Waals surface area contributed by atoms with E-state index in [0.717, 1.165) is 22.6 Å². The summed E-state index contributed by atoms with van der Waals surface area (Å²) in [5.41, 5.74) is 7.81. The maximum absolute atomic E-state index is 5.82. The van der Waals surface area contributed by atoms with Gasteiger partial charge in [0.25, 0.3) is 0 Å². The summed E-state index contributed by atoms with van der Waals surface area (Å²) in [6, 6.07) is 13.9. The fraction of sp³-hybridized carbons (Fsp3) is 0.200. The standard InChI is InChI=1S/C15H16INO2/c1-18-14-6-7-15(12(8-14)9-17)19-10-11-2-4-13(16)5-3-11/h2-8H,9-10,17H2,1H3. The van der Waals surface area contributed by atoms with Gasteiger partial charge in [0, 0.05) is 15.7 Å². The van der Waals surface area contributed by atoms with Gasteiger partial charge in [0.15, 0.2) is 0 Å². The van der Waals surface area contributed by atoms with Crippen molar-refractivity contribution >= 4 is 22.6 Å². The predicted octanol–water partition coefficient (Wildman–Crippen LogP) is 3.34. The molecule has 0 saturated carbocycles. The molecule has 0 bridgehead atoms. The molecule has 0 radical (unpaired) electrons. The molecule has 2 aromatic carbocycles. The van der Waals surface area contributed by atoms with Crippen LogP contribution < -0.4 is 15.2 Å². The maximum atomic E-state index is 5.82. The summed E-state index contributed by atoms with van der Waals surface area (Å²) in [6.45, 7) is 0.968. The Morgan fingerprint density at radius 3 is 2.47 bits per heavy atom. The van der Waals surface area contributed by atoms with Gasteiger partial charge in [0.2, 0.25) is 0 Å². The van der Waals surface area contributed by atoms with Crippen molar-refractivity contribution in [3.05, 3.63) is 57.2 Å². The summed E-state index contributed by atoms with van der Waals surface area (Å²) in [5.74, 6) is 1.60. The zero-order valence-electron chi connectivity index (χ0n) is 10.7. The summed E-state index contributed by atoms with van der Waals surface area (Å²) in [5, 5.41) is 0. The Kier molecular flexibility index (Phi) is 5.04. The van der Waals surface area contributed by atoms with E-state index < -0.39 is 0 Å². The van der Waals surface area contributed by atoms with Crippen molar-refractivity contribution in [1.82, 2.24) is 0 Å². The van der Waals surface area contributed by atoms with Crippen LogP contribution in [0.3, 0.4) is 0 Å². The molecular formula is C15H16INO2. The van der Waals surface area contributed by atoms with Gasteiger partial charge in [0.1, 0.15) is 18.1 Å². The van der Waals surface area contributed by atoms with Crippen molar-refractivity contribution in [3.8, 4) is 11.5 Å². The van der Waals surface area contributed by atoms with E-state index in [9.17, 15) is 0 Å². The van der Waals surface area contributed by atoms with Gasteiger partial charge in [0.05, 0.1) is 7.11 Å². The smallest absolute Gasteiger partial charge is 0.124 e. The second-order valence-electron chi connectivity index (χ2n) is 4.09. The van der Waals surface area contributed by atoms with Crippen molar-refractivity contribution < 1.29 is 9.47 Å². The van der Waals surface area contributed by atoms with Crippen molar-refractivity contribution in [2.24, 2.45) is 5.73 Å². The lowest BCUT2D eigenvalue weighted by molar-refractivity contribution is 0.302. The molecule has 4 heteroatoms. The van der Waals surface area contributed by atoms with E-state index >= 15 is 0 Å². The van der Waals surface area contributed by atoms with E-state index in [2.05, 4.69) is 46.9 Å². The van der Waals surface area contributed by atoms with Gasteiger partial charge in [-0.2, -0.15) is 0 Å². The molecule has 19 heavy (non-hydrogen) atoms. The lowest BCUT2D eigenvalue weighted by Gasteiger charge is -2.12. The van der Waals surface area contributed by atoms with Crippen LogP contribution in [0.25, 0.3) is 0 Å². The number of halogens is 1. The van der Waals surface area contributed by atoms with E-state index in [-0.39, 0.29) is 0 Å². The van der Waals surface area contributed by atoms with Gasteiger partial charge in [-0.25, -0.2) is 0 Å². The number of ether oxygens (including phenoxy) is 2. The minimum Gasteiger partial charge on any atom is -0.497 e. The van der Waals surface area contributed by atoms with Gasteiger partial charge in [-0.1, -0.05) is 12.1 Å². The molecule has 0 fully saturated rings. The molecular weight excluding hydrogens is 353 g/mol. The zero-order chi connectivity index (χ0) is 13.7. The normalized spacial score (nSPS) is 10.3. The number of benzene rings is 2. The molecule has 0 aliphatic heterocycles. The fourth-order valence-corrected chi connectivity index (χ4v) is 2.08. The summed E-state index contributed by atoms with van der Waals surface area (Å²) in [6.07, 6.45) is 0. The average molecular weight is 369 g/mol. The molecule has 0 aliphatic rings. The molecule has 0 spiro atoms. The third-order valence-corrected chi connectivity index (χ3v) is 3.51. The first kappa shape index (κ1) is 14.1. The highest BCUT2D eigenvalue weighted by molar-refractivity contribution is 14.1. The molecule has 0 aliphatic carbocycles. The Morgan fingerprint density at radius 1 is 1.11 bits per heavy atom. The predicted molar refractivity (Wildman–Crippen MR) is 84.4 cm³/mol. The Bertz CT molecular complexity index is 540. The first-order chi connectivity index (χ1) is 9.22. The first-order valence-corrected chi connectivity index (χ1v) is 7.05. The Morgan fingerprint density at radius 2 is 1.84 bits per heavy atom. The number of hydrogen-bond donors (Lipinski definition) is 1. The minimum absolute atomic E-state index is 0.430. The van der Waals surface area contributed by atoms with E-state index in [1.807, 2.05) is 18.2 Å². The molecule has 2 rings (SSSR count). The molecule has 0 aromatic heterocycles. The van der Waals surface area contributed by atoms with E-state index in [1.54, 1.807) is 7.11 Å². The molecule has 2 N–H and O–H groups in total. The maximum Gasteiger partial charge on any atom is 0.124 e. The minimum atomic E-state index is 0.430. The second kappa shape index (κ2) is 6.77. The topological polar surface area (TPSA) is 44.5 Å². The molecule has 0 amide bonds. The zero-order valence-corrected chi connectivity index (χ0v) is 12.9. The van der Waals surface area contributed by atoms with Crippen LogP contribution in [0.4, 0.5) is 0 Å². The Labute approximate surface area is 126 Å². The van der Waals surface area contributed by atoms with Crippen molar-refractivity contribution in [2.45, 2.75) is 13.2 Å². The van der Waals surface area contributed by atoms with Gasteiger partial charge >= 0.3 is 0 Å². The van der Waals surface area contributed by atoms with Crippen LogP contribution in [0, 0.1) is 3.57 Å². The summed E-state index contributed by atoms with van der Waals surface area (Å²) in [4.78, 5) is 0. The summed E-state index contributed by atoms with van der Waals surface area (Å²) >= 11 is 2.28. The summed E-state index contributed by atoms with van der Waals surface area (Å²) < 4.78 is 12.2. The van der Waals surface area contributed by atoms with E-state index in [1.165, 1.54) is 3.57 Å². The monoisotopic (exact) mass is 369 g/mol. The van der Waals surface area contributed by atoms with Crippen LogP contribution >= 0.6 is 22.6 Å². The molecule has 100 valence electrons. The molecule has 0 atom stereocenters. The SMILES string of the molecule is COc1ccc(OCc2ccc(I)cc2)c(CN)c1. The lowest BCUT2D eigenvalue weighted by atomic mass is 10.2. The lowest BCUT2D eigenvalue weighted by Crippen LogP contribution is -2.03. The number of hydrogen-bond acceptors (Lipinski definition) is 3. The largest absolute Gasteiger partial charge is 0.497 e. The highest BCUT2D eigenvalue weighted by Crippen LogP contribution is 2.24. The van der Waals surface area contributed by atoms with Crippen LogP contribution in [-0.4, -0.2) is 7.11 Å². The summed E-state index contributed by atoms with van der Waals surface area (Å²) in [7, 11) is 1.64. The molecule has 0 unspecified atom stereocenters. The molecule has 2 aromatic rings. The molecule has 0 heterocycles. The second-order valence-corrected chi connectivity index (χ2v) is 5.34. The molecule has 3 nitrogen and oxygen atoms in total. The van der Waals surface area contributed by atoms with Crippen LogP contribution in [0.1, 0.15) is 11.1 Å². The van der Waals surface area contributed by atoms with Crippen LogP contribution in [-0.2, 0) is 13.2 Å². The number of methoxy groups -OCH3 is 1. The number of nitrogens with two attached hydrogens (primary N) is 1. The van der Waals surface area contributed by atoms with Crippen LogP contribution in [0.5, 0.6) is 11.5 Å². The number of rotatable bonds is 5. The van der Waals surface area contributed by atoms with Crippen LogP contribution in [0.15, 0.2) is 42.5 Å². The van der Waals surface area contributed by atoms with Crippen molar-refractivity contribution in [1.29, 1.82) is 0 Å². The van der Waals surface area contributed by atoms with E-state index in [0.29, 0.717) is 13.2 Å². The molecule has 0 saturated heterocycles. The van der Waals surface area contributed by atoms with Crippen molar-refractivity contribution in [2.75, 3.05) is 7.11 Å². The quantitative estimate of drug-likeness (QED) is 0.823. The first-order valence-electron chi connectivity index (χ1n) is 5.97. The third kappa shape index (κ3) is 3.84. The van der Waals surface area contributed by atoms with Gasteiger partial charge < -0.3 is 15.2 Å².